The number of benzene rings is 1. The van der Waals surface area contributed by atoms with Crippen molar-refractivity contribution >= 4 is 15.9 Å². The van der Waals surface area contributed by atoms with Crippen LogP contribution >= 0.6 is 0 Å². The number of H-pyrrole nitrogens is 1. The molecule has 0 fully saturated rings. The standard InChI is InChI=1S/C11H11N3O5S/c1-7-5-3-4-6-9(7)20(17,18)19-11-12-8(2)10(13-11)14(15)16/h3-6H,1-2H3,(H,12,13). The molecular weight excluding hydrogens is 286 g/mol. The van der Waals surface area contributed by atoms with Crippen molar-refractivity contribution in [3.8, 4) is 6.01 Å². The van der Waals surface area contributed by atoms with Crippen LogP contribution in [0.2, 0.25) is 0 Å². The molecule has 0 radical (unpaired) electrons. The summed E-state index contributed by atoms with van der Waals surface area (Å²) in [6.45, 7) is 2.99. The molecule has 0 atom stereocenters. The van der Waals surface area contributed by atoms with E-state index in [2.05, 4.69) is 9.97 Å². The van der Waals surface area contributed by atoms with Gasteiger partial charge in [0.05, 0.1) is 0 Å². The van der Waals surface area contributed by atoms with Crippen LogP contribution in [0.5, 0.6) is 6.01 Å². The number of imidazole rings is 1. The van der Waals surface area contributed by atoms with E-state index in [9.17, 15) is 18.5 Å². The molecule has 1 aromatic carbocycles. The summed E-state index contributed by atoms with van der Waals surface area (Å²) < 4.78 is 28.9. The molecule has 2 aromatic rings. The van der Waals surface area contributed by atoms with E-state index in [0.717, 1.165) is 0 Å². The number of nitrogens with zero attached hydrogens (tertiary/aromatic N) is 2. The molecular formula is C11H11N3O5S. The van der Waals surface area contributed by atoms with Gasteiger partial charge in [0.25, 0.3) is 0 Å². The highest BCUT2D eigenvalue weighted by Gasteiger charge is 2.25. The van der Waals surface area contributed by atoms with Crippen LogP contribution in [0.25, 0.3) is 0 Å². The number of aromatic amines is 1. The third kappa shape index (κ3) is 2.62. The van der Waals surface area contributed by atoms with Gasteiger partial charge in [-0.15, -0.1) is 0 Å². The number of nitro groups is 1. The Labute approximate surface area is 114 Å². The monoisotopic (exact) mass is 297 g/mol. The predicted molar refractivity (Wildman–Crippen MR) is 69.0 cm³/mol. The van der Waals surface area contributed by atoms with Crippen LogP contribution in [0, 0.1) is 24.0 Å². The second-order valence-corrected chi connectivity index (χ2v) is 5.55. The average molecular weight is 297 g/mol. The van der Waals surface area contributed by atoms with Crippen LogP contribution in [0.3, 0.4) is 0 Å². The molecule has 1 N–H and O–H groups in total. The maximum Gasteiger partial charge on any atom is 0.405 e. The van der Waals surface area contributed by atoms with Crippen molar-refractivity contribution in [3.05, 3.63) is 45.6 Å². The molecule has 9 heteroatoms. The van der Waals surface area contributed by atoms with Crippen molar-refractivity contribution in [2.75, 3.05) is 0 Å². The Hall–Kier alpha value is -2.42. The van der Waals surface area contributed by atoms with Crippen molar-refractivity contribution in [2.24, 2.45) is 0 Å². The molecule has 20 heavy (non-hydrogen) atoms. The van der Waals surface area contributed by atoms with Crippen LogP contribution in [-0.2, 0) is 10.1 Å². The van der Waals surface area contributed by atoms with Crippen molar-refractivity contribution in [1.82, 2.24) is 9.97 Å². The summed E-state index contributed by atoms with van der Waals surface area (Å²) in [5.74, 6) is -0.403. The van der Waals surface area contributed by atoms with E-state index in [1.54, 1.807) is 25.1 Å². The van der Waals surface area contributed by atoms with Crippen LogP contribution in [0.1, 0.15) is 11.3 Å². The summed E-state index contributed by atoms with van der Waals surface area (Å²) in [7, 11) is -4.09. The van der Waals surface area contributed by atoms with Crippen LogP contribution in [-0.4, -0.2) is 23.3 Å². The van der Waals surface area contributed by atoms with Crippen molar-refractivity contribution in [3.63, 3.8) is 0 Å². The highest BCUT2D eigenvalue weighted by Crippen LogP contribution is 2.22. The Balaban J connectivity index is 2.37. The summed E-state index contributed by atoms with van der Waals surface area (Å²) in [5, 5.41) is 10.7. The van der Waals surface area contributed by atoms with Gasteiger partial charge in [0.15, 0.2) is 0 Å². The van der Waals surface area contributed by atoms with Crippen LogP contribution in [0.15, 0.2) is 29.2 Å². The summed E-state index contributed by atoms with van der Waals surface area (Å²) in [6, 6.07) is 5.81. The first-order valence-electron chi connectivity index (χ1n) is 5.52. The van der Waals surface area contributed by atoms with Gasteiger partial charge in [-0.1, -0.05) is 18.2 Å². The summed E-state index contributed by atoms with van der Waals surface area (Å²) in [5.41, 5.74) is 0.551. The third-order valence-electron chi connectivity index (χ3n) is 2.57. The van der Waals surface area contributed by atoms with Crippen molar-refractivity contribution in [1.29, 1.82) is 0 Å². The lowest BCUT2D eigenvalue weighted by molar-refractivity contribution is -0.389. The molecule has 0 aliphatic heterocycles. The largest absolute Gasteiger partial charge is 0.405 e. The Kier molecular flexibility index (Phi) is 3.45. The zero-order chi connectivity index (χ0) is 14.9. The van der Waals surface area contributed by atoms with Gasteiger partial charge in [0.2, 0.25) is 0 Å². The van der Waals surface area contributed by atoms with Gasteiger partial charge in [-0.2, -0.15) is 18.4 Å². The molecule has 0 saturated carbocycles. The highest BCUT2D eigenvalue weighted by molar-refractivity contribution is 7.87. The smallest absolute Gasteiger partial charge is 0.358 e. The molecule has 0 unspecified atom stereocenters. The zero-order valence-corrected chi connectivity index (χ0v) is 11.5. The minimum absolute atomic E-state index is 0.0169. The van der Waals surface area contributed by atoms with Gasteiger partial charge in [0, 0.05) is 0 Å². The lowest BCUT2D eigenvalue weighted by Crippen LogP contribution is -2.12. The topological polar surface area (TPSA) is 115 Å². The lowest BCUT2D eigenvalue weighted by atomic mass is 10.2. The molecule has 8 nitrogen and oxygen atoms in total. The number of nitrogens with one attached hydrogen (secondary N) is 1. The SMILES string of the molecule is Cc1ccccc1S(=O)(=O)Oc1nc(C)c([N+](=O)[O-])[nH]1. The molecule has 0 aliphatic carbocycles. The number of aromatic nitrogens is 2. The quantitative estimate of drug-likeness (QED) is 0.521. The van der Waals surface area contributed by atoms with Crippen LogP contribution in [0.4, 0.5) is 5.82 Å². The normalized spacial score (nSPS) is 11.3. The molecule has 0 saturated heterocycles. The van der Waals surface area contributed by atoms with E-state index in [-0.39, 0.29) is 10.6 Å². The predicted octanol–water partition coefficient (Wildman–Crippen LogP) is 1.70. The van der Waals surface area contributed by atoms with Crippen molar-refractivity contribution < 1.29 is 17.5 Å². The second kappa shape index (κ2) is 4.93. The van der Waals surface area contributed by atoms with Gasteiger partial charge in [-0.25, -0.2) is 0 Å². The van der Waals surface area contributed by atoms with E-state index in [1.165, 1.54) is 13.0 Å². The summed E-state index contributed by atoms with van der Waals surface area (Å²) in [6.07, 6.45) is 0. The van der Waals surface area contributed by atoms with Gasteiger partial charge in [-0.3, -0.25) is 0 Å². The number of aryl methyl sites for hydroxylation is 2. The second-order valence-electron chi connectivity index (χ2n) is 4.04. The first-order chi connectivity index (χ1) is 9.31. The van der Waals surface area contributed by atoms with Gasteiger partial charge < -0.3 is 14.3 Å². The molecule has 0 aliphatic rings. The van der Waals surface area contributed by atoms with Gasteiger partial charge in [-0.05, 0) is 30.4 Å². The molecule has 0 bridgehead atoms. The first-order valence-corrected chi connectivity index (χ1v) is 6.93. The van der Waals surface area contributed by atoms with E-state index >= 15 is 0 Å². The molecule has 0 spiro atoms. The maximum atomic E-state index is 12.1. The molecule has 1 aromatic heterocycles. The lowest BCUT2D eigenvalue weighted by Gasteiger charge is -2.04. The van der Waals surface area contributed by atoms with Gasteiger partial charge in [0.1, 0.15) is 10.6 Å². The molecule has 0 amide bonds. The Morgan fingerprint density at radius 2 is 1.95 bits per heavy atom. The number of hydrogen-bond acceptors (Lipinski definition) is 6. The molecule has 106 valence electrons. The zero-order valence-electron chi connectivity index (χ0n) is 10.7. The Morgan fingerprint density at radius 1 is 1.30 bits per heavy atom. The minimum atomic E-state index is -4.09. The fourth-order valence-electron chi connectivity index (χ4n) is 1.63. The van der Waals surface area contributed by atoms with E-state index in [1.807, 2.05) is 0 Å². The molecule has 2 rings (SSSR count). The average Bonchev–Trinajstić information content (AvgIpc) is 2.69. The highest BCUT2D eigenvalue weighted by atomic mass is 32.2. The summed E-state index contributed by atoms with van der Waals surface area (Å²) in [4.78, 5) is 15.8. The Bertz CT molecular complexity index is 766. The van der Waals surface area contributed by atoms with E-state index in [0.29, 0.717) is 5.56 Å². The van der Waals surface area contributed by atoms with Crippen LogP contribution < -0.4 is 4.18 Å². The third-order valence-corrected chi connectivity index (χ3v) is 3.95. The van der Waals surface area contributed by atoms with E-state index < -0.39 is 26.9 Å². The maximum absolute atomic E-state index is 12.1. The number of hydrogen-bond donors (Lipinski definition) is 1. The summed E-state index contributed by atoms with van der Waals surface area (Å²) >= 11 is 0. The first kappa shape index (κ1) is 14.0. The van der Waals surface area contributed by atoms with E-state index in [4.69, 9.17) is 4.18 Å². The fourth-order valence-corrected chi connectivity index (χ4v) is 2.71. The van der Waals surface area contributed by atoms with Crippen molar-refractivity contribution in [2.45, 2.75) is 18.7 Å². The fraction of sp³-hybridized carbons (Fsp3) is 0.182. The van der Waals surface area contributed by atoms with Gasteiger partial charge >= 0.3 is 21.9 Å². The Morgan fingerprint density at radius 3 is 2.50 bits per heavy atom. The number of rotatable bonds is 4. The minimum Gasteiger partial charge on any atom is -0.358 e. The molecule has 1 heterocycles.